The maximum atomic E-state index is 13.1. The highest BCUT2D eigenvalue weighted by molar-refractivity contribution is 6.10. The Labute approximate surface area is 158 Å². The predicted octanol–water partition coefficient (Wildman–Crippen LogP) is 2.77. The van der Waals surface area contributed by atoms with Gasteiger partial charge in [-0.3, -0.25) is 14.5 Å². The molecule has 4 amide bonds. The van der Waals surface area contributed by atoms with E-state index in [1.807, 2.05) is 63.2 Å². The van der Waals surface area contributed by atoms with Crippen LogP contribution in [0.1, 0.15) is 33.3 Å². The Morgan fingerprint density at radius 1 is 1.11 bits per heavy atom. The van der Waals surface area contributed by atoms with E-state index >= 15 is 0 Å². The van der Waals surface area contributed by atoms with Crippen molar-refractivity contribution in [3.05, 3.63) is 48.0 Å². The van der Waals surface area contributed by atoms with Gasteiger partial charge in [-0.25, -0.2) is 4.79 Å². The number of hydrogen-bond acceptors (Lipinski definition) is 3. The van der Waals surface area contributed by atoms with Crippen molar-refractivity contribution in [2.75, 3.05) is 6.54 Å². The van der Waals surface area contributed by atoms with Crippen LogP contribution in [0.5, 0.6) is 0 Å². The molecule has 0 aliphatic carbocycles. The largest absolute Gasteiger partial charge is 0.352 e. The number of nitrogens with one attached hydrogen (secondary N) is 2. The number of nitrogens with zero attached hydrogens (tertiary/aromatic N) is 1. The summed E-state index contributed by atoms with van der Waals surface area (Å²) in [5.74, 6) is -0.504. The van der Waals surface area contributed by atoms with E-state index in [2.05, 4.69) is 10.6 Å². The van der Waals surface area contributed by atoms with Gasteiger partial charge in [0.15, 0.2) is 0 Å². The summed E-state index contributed by atoms with van der Waals surface area (Å²) in [6.07, 6.45) is 0. The average molecular weight is 367 g/mol. The van der Waals surface area contributed by atoms with E-state index in [-0.39, 0.29) is 24.4 Å². The molecule has 1 aliphatic rings. The fourth-order valence-electron chi connectivity index (χ4n) is 3.29. The van der Waals surface area contributed by atoms with Crippen LogP contribution in [0.3, 0.4) is 0 Å². The minimum atomic E-state index is -1.21. The first-order valence-corrected chi connectivity index (χ1v) is 9.15. The van der Waals surface area contributed by atoms with Crippen molar-refractivity contribution in [2.45, 2.75) is 39.3 Å². The van der Waals surface area contributed by atoms with Gasteiger partial charge in [0.05, 0.1) is 0 Å². The Bertz CT molecular complexity index is 903. The molecule has 1 saturated heterocycles. The van der Waals surface area contributed by atoms with Crippen molar-refractivity contribution in [3.8, 4) is 0 Å². The molecule has 6 nitrogen and oxygen atoms in total. The van der Waals surface area contributed by atoms with Crippen molar-refractivity contribution >= 4 is 28.6 Å². The number of urea groups is 1. The SMILES string of the molecule is CC(C)[C@@H](C)NC(=O)CN1C(=O)N[C@](C)(c2cccc3ccccc23)C1=O. The molecule has 2 atom stereocenters. The maximum Gasteiger partial charge on any atom is 0.325 e. The van der Waals surface area contributed by atoms with Crippen molar-refractivity contribution < 1.29 is 14.4 Å². The summed E-state index contributed by atoms with van der Waals surface area (Å²) in [4.78, 5) is 38.8. The first-order valence-electron chi connectivity index (χ1n) is 9.15. The van der Waals surface area contributed by atoms with Gasteiger partial charge in [-0.1, -0.05) is 56.3 Å². The molecule has 0 bridgehead atoms. The molecule has 1 heterocycles. The number of amides is 4. The van der Waals surface area contributed by atoms with Crippen molar-refractivity contribution in [2.24, 2.45) is 5.92 Å². The van der Waals surface area contributed by atoms with Crippen molar-refractivity contribution in [1.82, 2.24) is 15.5 Å². The molecule has 3 rings (SSSR count). The molecule has 27 heavy (non-hydrogen) atoms. The van der Waals surface area contributed by atoms with Gasteiger partial charge in [0.25, 0.3) is 5.91 Å². The van der Waals surface area contributed by atoms with E-state index in [4.69, 9.17) is 0 Å². The number of rotatable bonds is 5. The Hall–Kier alpha value is -2.89. The monoisotopic (exact) mass is 367 g/mol. The van der Waals surface area contributed by atoms with Crippen molar-refractivity contribution in [3.63, 3.8) is 0 Å². The summed E-state index contributed by atoms with van der Waals surface area (Å²) in [5.41, 5.74) is -0.487. The van der Waals surface area contributed by atoms with Crippen LogP contribution in [0.15, 0.2) is 42.5 Å². The summed E-state index contributed by atoms with van der Waals surface area (Å²) in [5, 5.41) is 7.49. The van der Waals surface area contributed by atoms with Crippen LogP contribution in [-0.4, -0.2) is 35.3 Å². The summed E-state index contributed by atoms with van der Waals surface area (Å²) in [7, 11) is 0. The van der Waals surface area contributed by atoms with Crippen LogP contribution in [0.4, 0.5) is 4.79 Å². The van der Waals surface area contributed by atoms with E-state index in [1.165, 1.54) is 0 Å². The van der Waals surface area contributed by atoms with E-state index in [9.17, 15) is 14.4 Å². The number of carbonyl (C=O) groups excluding carboxylic acids is 3. The minimum absolute atomic E-state index is 0.0392. The standard InChI is InChI=1S/C21H25N3O3/c1-13(2)14(3)22-18(25)12-24-19(26)21(4,23-20(24)27)17-11-7-9-15-8-5-6-10-16(15)17/h5-11,13-14H,12H2,1-4H3,(H,22,25)(H,23,27)/t14-,21-/m1/s1. The van der Waals surface area contributed by atoms with E-state index in [0.29, 0.717) is 0 Å². The molecule has 0 saturated carbocycles. The topological polar surface area (TPSA) is 78.5 Å². The Morgan fingerprint density at radius 3 is 2.48 bits per heavy atom. The van der Waals surface area contributed by atoms with Crippen LogP contribution in [0, 0.1) is 5.92 Å². The van der Waals surface area contributed by atoms with E-state index in [1.54, 1.807) is 6.92 Å². The van der Waals surface area contributed by atoms with E-state index in [0.717, 1.165) is 21.2 Å². The number of benzene rings is 2. The van der Waals surface area contributed by atoms with Gasteiger partial charge in [-0.15, -0.1) is 0 Å². The summed E-state index contributed by atoms with van der Waals surface area (Å²) in [6, 6.07) is 12.8. The summed E-state index contributed by atoms with van der Waals surface area (Å²) >= 11 is 0. The van der Waals surface area contributed by atoms with Gasteiger partial charge in [0.2, 0.25) is 5.91 Å². The smallest absolute Gasteiger partial charge is 0.325 e. The summed E-state index contributed by atoms with van der Waals surface area (Å²) < 4.78 is 0. The maximum absolute atomic E-state index is 13.1. The molecule has 2 aromatic rings. The second-order valence-electron chi connectivity index (χ2n) is 7.57. The van der Waals surface area contributed by atoms with Gasteiger partial charge < -0.3 is 10.6 Å². The van der Waals surface area contributed by atoms with Gasteiger partial charge in [-0.2, -0.15) is 0 Å². The highest BCUT2D eigenvalue weighted by atomic mass is 16.2. The molecule has 0 unspecified atom stereocenters. The predicted molar refractivity (Wildman–Crippen MR) is 104 cm³/mol. The average Bonchev–Trinajstić information content (AvgIpc) is 2.85. The van der Waals surface area contributed by atoms with E-state index < -0.39 is 17.5 Å². The van der Waals surface area contributed by atoms with Crippen LogP contribution >= 0.6 is 0 Å². The third-order valence-corrected chi connectivity index (χ3v) is 5.29. The molecule has 1 fully saturated rings. The highest BCUT2D eigenvalue weighted by Gasteiger charge is 2.50. The molecule has 2 N–H and O–H groups in total. The first-order chi connectivity index (χ1) is 12.7. The fourth-order valence-corrected chi connectivity index (χ4v) is 3.29. The Kier molecular flexibility index (Phi) is 4.91. The fraction of sp³-hybridized carbons (Fsp3) is 0.381. The molecule has 0 spiro atoms. The lowest BCUT2D eigenvalue weighted by molar-refractivity contribution is -0.135. The minimum Gasteiger partial charge on any atom is -0.352 e. The summed E-state index contributed by atoms with van der Waals surface area (Å²) in [6.45, 7) is 7.28. The van der Waals surface area contributed by atoms with Crippen molar-refractivity contribution in [1.29, 1.82) is 0 Å². The number of fused-ring (bicyclic) bond motifs is 1. The van der Waals surface area contributed by atoms with Gasteiger partial charge >= 0.3 is 6.03 Å². The number of imide groups is 1. The van der Waals surface area contributed by atoms with Crippen LogP contribution < -0.4 is 10.6 Å². The van der Waals surface area contributed by atoms with Crippen LogP contribution in [-0.2, 0) is 15.1 Å². The van der Waals surface area contributed by atoms with Gasteiger partial charge in [0, 0.05) is 6.04 Å². The third kappa shape index (κ3) is 3.39. The molecule has 2 aromatic carbocycles. The highest BCUT2D eigenvalue weighted by Crippen LogP contribution is 2.33. The zero-order valence-electron chi connectivity index (χ0n) is 16.1. The molecule has 0 radical (unpaired) electrons. The lowest BCUT2D eigenvalue weighted by atomic mass is 9.88. The molecule has 1 aliphatic heterocycles. The Morgan fingerprint density at radius 2 is 1.78 bits per heavy atom. The second-order valence-corrected chi connectivity index (χ2v) is 7.57. The third-order valence-electron chi connectivity index (χ3n) is 5.29. The number of carbonyl (C=O) groups is 3. The molecule has 142 valence electrons. The van der Waals surface area contributed by atoms with Gasteiger partial charge in [-0.05, 0) is 36.1 Å². The lowest BCUT2D eigenvalue weighted by Gasteiger charge is -2.24. The molecular weight excluding hydrogens is 342 g/mol. The number of hydrogen-bond donors (Lipinski definition) is 2. The first kappa shape index (κ1) is 18.9. The Balaban J connectivity index is 1.87. The van der Waals surface area contributed by atoms with Gasteiger partial charge in [0.1, 0.15) is 12.1 Å². The quantitative estimate of drug-likeness (QED) is 0.798. The lowest BCUT2D eigenvalue weighted by Crippen LogP contribution is -2.46. The second kappa shape index (κ2) is 7.02. The normalized spacial score (nSPS) is 20.9. The molecule has 6 heteroatoms. The zero-order valence-corrected chi connectivity index (χ0v) is 16.1. The zero-order chi connectivity index (χ0) is 19.8. The van der Waals surface area contributed by atoms with Crippen LogP contribution in [0.2, 0.25) is 0 Å². The van der Waals surface area contributed by atoms with Crippen LogP contribution in [0.25, 0.3) is 10.8 Å². The molecule has 0 aromatic heterocycles. The molecular formula is C21H25N3O3.